The maximum atomic E-state index is 6.23. The van der Waals surface area contributed by atoms with Gasteiger partial charge in [0.25, 0.3) is 0 Å². The fraction of sp³-hybridized carbons (Fsp3) is 1.00. The van der Waals surface area contributed by atoms with Crippen molar-refractivity contribution >= 4 is 0 Å². The van der Waals surface area contributed by atoms with Crippen molar-refractivity contribution < 1.29 is 9.47 Å². The maximum absolute atomic E-state index is 6.23. The van der Waals surface area contributed by atoms with Crippen molar-refractivity contribution in [3.63, 3.8) is 0 Å². The third-order valence-corrected chi connectivity index (χ3v) is 9.69. The summed E-state index contributed by atoms with van der Waals surface area (Å²) in [6.45, 7) is 9.94. The van der Waals surface area contributed by atoms with Gasteiger partial charge in [-0.1, -0.05) is 206 Å². The third kappa shape index (κ3) is 36.3. The summed E-state index contributed by atoms with van der Waals surface area (Å²) in [5.74, 6) is 0.317. The van der Waals surface area contributed by atoms with E-state index in [-0.39, 0.29) is 6.04 Å². The highest BCUT2D eigenvalue weighted by molar-refractivity contribution is 4.67. The summed E-state index contributed by atoms with van der Waals surface area (Å²) >= 11 is 0. The molecule has 3 nitrogen and oxygen atoms in total. The first-order valence-corrected chi connectivity index (χ1v) is 20.6. The van der Waals surface area contributed by atoms with Gasteiger partial charge in [-0.05, 0) is 19.8 Å². The summed E-state index contributed by atoms with van der Waals surface area (Å²) in [5.41, 5.74) is 6.23. The van der Waals surface area contributed by atoms with Crippen LogP contribution in [-0.2, 0) is 9.47 Å². The molecule has 1 unspecified atom stereocenters. The van der Waals surface area contributed by atoms with Crippen molar-refractivity contribution in [2.24, 2.45) is 11.7 Å². The first-order chi connectivity index (χ1) is 21.7. The van der Waals surface area contributed by atoms with Gasteiger partial charge in [0, 0.05) is 25.2 Å². The summed E-state index contributed by atoms with van der Waals surface area (Å²) in [5, 5.41) is 0. The van der Waals surface area contributed by atoms with Gasteiger partial charge in [-0.25, -0.2) is 0 Å². The molecule has 0 aromatic rings. The molecule has 0 saturated carbocycles. The Balaban J connectivity index is 3.35. The highest BCUT2D eigenvalue weighted by atomic mass is 16.5. The zero-order valence-electron chi connectivity index (χ0n) is 31.0. The van der Waals surface area contributed by atoms with Gasteiger partial charge >= 0.3 is 0 Å². The second-order valence-electron chi connectivity index (χ2n) is 14.4. The van der Waals surface area contributed by atoms with Crippen LogP contribution in [0.1, 0.15) is 226 Å². The molecule has 44 heavy (non-hydrogen) atoms. The van der Waals surface area contributed by atoms with Crippen LogP contribution < -0.4 is 5.73 Å². The summed E-state index contributed by atoms with van der Waals surface area (Å²) in [4.78, 5) is 0. The van der Waals surface area contributed by atoms with Crippen LogP contribution in [0.5, 0.6) is 0 Å². The second-order valence-corrected chi connectivity index (χ2v) is 14.4. The molecule has 0 spiro atoms. The van der Waals surface area contributed by atoms with Gasteiger partial charge < -0.3 is 15.2 Å². The Kier molecular flexibility index (Phi) is 39.0. The van der Waals surface area contributed by atoms with Crippen LogP contribution in [0.3, 0.4) is 0 Å². The minimum atomic E-state index is 0.131. The molecule has 0 aromatic carbocycles. The molecule has 0 rings (SSSR count). The van der Waals surface area contributed by atoms with Gasteiger partial charge in [-0.15, -0.1) is 0 Å². The van der Waals surface area contributed by atoms with Crippen LogP contribution in [0.15, 0.2) is 0 Å². The molecule has 1 atom stereocenters. The molecule has 0 heterocycles. The Hall–Kier alpha value is -0.120. The molecule has 0 aliphatic carbocycles. The molecular formula is C41H85NO2. The minimum Gasteiger partial charge on any atom is -0.381 e. The van der Waals surface area contributed by atoms with Crippen LogP contribution >= 0.6 is 0 Å². The molecule has 266 valence electrons. The lowest BCUT2D eigenvalue weighted by molar-refractivity contribution is 0.0293. The molecular weight excluding hydrogens is 538 g/mol. The monoisotopic (exact) mass is 624 g/mol. The smallest absolute Gasteiger partial charge is 0.0531 e. The van der Waals surface area contributed by atoms with Crippen molar-refractivity contribution in [3.8, 4) is 0 Å². The van der Waals surface area contributed by atoms with Crippen LogP contribution in [0.4, 0.5) is 0 Å². The number of nitrogens with two attached hydrogens (primary N) is 1. The first kappa shape index (κ1) is 43.9. The lowest BCUT2D eigenvalue weighted by Gasteiger charge is -2.21. The van der Waals surface area contributed by atoms with E-state index in [1.807, 2.05) is 0 Å². The largest absolute Gasteiger partial charge is 0.381 e. The molecule has 0 aliphatic rings. The van der Waals surface area contributed by atoms with Gasteiger partial charge in [0.1, 0.15) is 0 Å². The predicted molar refractivity (Wildman–Crippen MR) is 198 cm³/mol. The number of hydrogen-bond donors (Lipinski definition) is 1. The molecule has 0 radical (unpaired) electrons. The lowest BCUT2D eigenvalue weighted by atomic mass is 10.0. The normalized spacial score (nSPS) is 12.5. The van der Waals surface area contributed by atoms with Gasteiger partial charge in [0.2, 0.25) is 0 Å². The van der Waals surface area contributed by atoms with Crippen molar-refractivity contribution in [1.82, 2.24) is 0 Å². The average molecular weight is 624 g/mol. The standard InChI is InChI=1S/C41H85NO2/c1-4-6-8-10-12-14-16-18-20-22-24-26-28-30-32-34-36-43-38-41(40(3)42)39-44-37-35-33-31-29-27-25-23-21-19-17-15-13-11-9-7-5-2/h40-41H,4-39,42H2,1-3H3. The van der Waals surface area contributed by atoms with Crippen molar-refractivity contribution in [2.75, 3.05) is 26.4 Å². The highest BCUT2D eigenvalue weighted by Crippen LogP contribution is 2.15. The molecule has 3 heteroatoms. The number of unbranched alkanes of at least 4 members (excludes halogenated alkanes) is 30. The van der Waals surface area contributed by atoms with Gasteiger partial charge in [-0.2, -0.15) is 0 Å². The SMILES string of the molecule is CCCCCCCCCCCCCCCCCCOCC(COCCCCCCCCCCCCCCCCCC)C(C)N. The van der Waals surface area contributed by atoms with E-state index in [1.54, 1.807) is 0 Å². The van der Waals surface area contributed by atoms with E-state index in [4.69, 9.17) is 15.2 Å². The molecule has 2 N–H and O–H groups in total. The summed E-state index contributed by atoms with van der Waals surface area (Å²) in [6, 6.07) is 0.131. The van der Waals surface area contributed by atoms with E-state index in [0.29, 0.717) is 5.92 Å². The Labute approximate surface area is 279 Å². The number of hydrogen-bond acceptors (Lipinski definition) is 3. The molecule has 0 bridgehead atoms. The van der Waals surface area contributed by atoms with E-state index in [2.05, 4.69) is 20.8 Å². The maximum Gasteiger partial charge on any atom is 0.0531 e. The van der Waals surface area contributed by atoms with E-state index in [0.717, 1.165) is 26.4 Å². The van der Waals surface area contributed by atoms with Gasteiger partial charge in [-0.3, -0.25) is 0 Å². The van der Waals surface area contributed by atoms with Crippen molar-refractivity contribution in [3.05, 3.63) is 0 Å². The fourth-order valence-electron chi connectivity index (χ4n) is 6.33. The highest BCUT2D eigenvalue weighted by Gasteiger charge is 2.14. The average Bonchev–Trinajstić information content (AvgIpc) is 3.02. The number of ether oxygens (including phenoxy) is 2. The second kappa shape index (κ2) is 39.1. The van der Waals surface area contributed by atoms with Crippen LogP contribution in [0.25, 0.3) is 0 Å². The van der Waals surface area contributed by atoms with Crippen molar-refractivity contribution in [1.29, 1.82) is 0 Å². The first-order valence-electron chi connectivity index (χ1n) is 20.6. The summed E-state index contributed by atoms with van der Waals surface area (Å²) in [6.07, 6.45) is 45.0. The zero-order valence-corrected chi connectivity index (χ0v) is 31.0. The molecule has 0 aromatic heterocycles. The van der Waals surface area contributed by atoms with Crippen LogP contribution in [0, 0.1) is 5.92 Å². The topological polar surface area (TPSA) is 44.5 Å². The Morgan fingerprint density at radius 2 is 0.545 bits per heavy atom. The number of rotatable bonds is 39. The molecule has 0 amide bonds. The van der Waals surface area contributed by atoms with Crippen molar-refractivity contribution in [2.45, 2.75) is 232 Å². The Bertz CT molecular complexity index is 457. The van der Waals surface area contributed by atoms with Crippen LogP contribution in [0.2, 0.25) is 0 Å². The van der Waals surface area contributed by atoms with Crippen LogP contribution in [-0.4, -0.2) is 32.5 Å². The quantitative estimate of drug-likeness (QED) is 0.0693. The van der Waals surface area contributed by atoms with E-state index in [1.165, 1.54) is 205 Å². The molecule has 0 saturated heterocycles. The van der Waals surface area contributed by atoms with Gasteiger partial charge in [0.05, 0.1) is 13.2 Å². The summed E-state index contributed by atoms with van der Waals surface area (Å²) < 4.78 is 12.0. The summed E-state index contributed by atoms with van der Waals surface area (Å²) in [7, 11) is 0. The molecule has 0 fully saturated rings. The van der Waals surface area contributed by atoms with E-state index < -0.39 is 0 Å². The third-order valence-electron chi connectivity index (χ3n) is 9.69. The van der Waals surface area contributed by atoms with E-state index >= 15 is 0 Å². The zero-order chi connectivity index (χ0) is 32.0. The predicted octanol–water partition coefficient (Wildman–Crippen LogP) is 13.5. The Morgan fingerprint density at radius 3 is 0.750 bits per heavy atom. The van der Waals surface area contributed by atoms with E-state index in [9.17, 15) is 0 Å². The Morgan fingerprint density at radius 1 is 0.341 bits per heavy atom. The van der Waals surface area contributed by atoms with Gasteiger partial charge in [0.15, 0.2) is 0 Å². The molecule has 0 aliphatic heterocycles. The lowest BCUT2D eigenvalue weighted by Crippen LogP contribution is -2.34. The fourth-order valence-corrected chi connectivity index (χ4v) is 6.33. The minimum absolute atomic E-state index is 0.131.